The number of carbonyl (C=O) groups excluding carboxylic acids is 2. The molecule has 1 aliphatic heterocycles. The predicted molar refractivity (Wildman–Crippen MR) is 112 cm³/mol. The van der Waals surface area contributed by atoms with Crippen LogP contribution in [0.4, 0.5) is 0 Å². The normalized spacial score (nSPS) is 15.0. The molecule has 0 spiro atoms. The lowest BCUT2D eigenvalue weighted by molar-refractivity contribution is -0.130. The van der Waals surface area contributed by atoms with E-state index in [0.717, 1.165) is 22.7 Å². The number of carbonyl (C=O) groups is 2. The molecular weight excluding hydrogens is 374 g/mol. The summed E-state index contributed by atoms with van der Waals surface area (Å²) in [6.45, 7) is 10.1. The highest BCUT2D eigenvalue weighted by Crippen LogP contribution is 2.24. The first kappa shape index (κ1) is 20.4. The molecule has 2 heterocycles. The van der Waals surface area contributed by atoms with E-state index in [2.05, 4.69) is 39.3 Å². The van der Waals surface area contributed by atoms with Gasteiger partial charge in [0.05, 0.1) is 23.3 Å². The average Bonchev–Trinajstić information content (AvgIpc) is 3.08. The van der Waals surface area contributed by atoms with Crippen LogP contribution in [0.15, 0.2) is 42.1 Å². The fourth-order valence-electron chi connectivity index (χ4n) is 3.29. The number of rotatable bonds is 8. The lowest BCUT2D eigenvalue weighted by Crippen LogP contribution is -2.51. The number of benzene rings is 1. The third kappa shape index (κ3) is 4.94. The molecule has 150 valence electrons. The zero-order valence-electron chi connectivity index (χ0n) is 16.3. The third-order valence-corrected chi connectivity index (χ3v) is 5.76. The third-order valence-electron chi connectivity index (χ3n) is 4.80. The first-order chi connectivity index (χ1) is 13.6. The van der Waals surface area contributed by atoms with Crippen molar-refractivity contribution in [2.24, 2.45) is 0 Å². The average molecular weight is 402 g/mol. The number of aryl methyl sites for hydroxylation is 1. The van der Waals surface area contributed by atoms with Crippen molar-refractivity contribution in [3.05, 3.63) is 36.9 Å². The second-order valence-corrected chi connectivity index (χ2v) is 7.61. The minimum atomic E-state index is -0.00583. The summed E-state index contributed by atoms with van der Waals surface area (Å²) in [5.41, 5.74) is 2.06. The Morgan fingerprint density at radius 1 is 1.25 bits per heavy atom. The van der Waals surface area contributed by atoms with E-state index < -0.39 is 0 Å². The van der Waals surface area contributed by atoms with Gasteiger partial charge in [0.25, 0.3) is 0 Å². The molecule has 1 N–H and O–H groups in total. The maximum absolute atomic E-state index is 12.6. The number of nitrogens with zero attached hydrogens (tertiary/aromatic N) is 4. The quantitative estimate of drug-likeness (QED) is 0.537. The number of hydrogen-bond acceptors (Lipinski definition) is 5. The van der Waals surface area contributed by atoms with Gasteiger partial charge >= 0.3 is 0 Å². The molecule has 1 saturated heterocycles. The SMILES string of the molecule is C=CCNC(=O)CN1CCN(C(=O)CSc2nc3ccccc3n2CC)CC1. The Labute approximate surface area is 169 Å². The second kappa shape index (κ2) is 9.75. The monoisotopic (exact) mass is 401 g/mol. The summed E-state index contributed by atoms with van der Waals surface area (Å²) in [4.78, 5) is 33.0. The van der Waals surface area contributed by atoms with E-state index in [1.165, 1.54) is 11.8 Å². The summed E-state index contributed by atoms with van der Waals surface area (Å²) in [5.74, 6) is 0.493. The molecule has 0 unspecified atom stereocenters. The van der Waals surface area contributed by atoms with Gasteiger partial charge in [-0.3, -0.25) is 14.5 Å². The molecule has 0 radical (unpaired) electrons. The molecule has 1 aliphatic rings. The number of para-hydroxylation sites is 2. The summed E-state index contributed by atoms with van der Waals surface area (Å²) >= 11 is 1.49. The fraction of sp³-hybridized carbons (Fsp3) is 0.450. The molecule has 0 atom stereocenters. The lowest BCUT2D eigenvalue weighted by atomic mass is 10.3. The summed E-state index contributed by atoms with van der Waals surface area (Å²) < 4.78 is 2.15. The molecule has 0 bridgehead atoms. The summed E-state index contributed by atoms with van der Waals surface area (Å²) in [6.07, 6.45) is 1.67. The highest BCUT2D eigenvalue weighted by atomic mass is 32.2. The van der Waals surface area contributed by atoms with Gasteiger partial charge in [-0.25, -0.2) is 4.98 Å². The van der Waals surface area contributed by atoms with Crippen molar-refractivity contribution in [3.63, 3.8) is 0 Å². The zero-order chi connectivity index (χ0) is 19.9. The Kier molecular flexibility index (Phi) is 7.11. The smallest absolute Gasteiger partial charge is 0.234 e. The van der Waals surface area contributed by atoms with Gasteiger partial charge in [-0.1, -0.05) is 30.0 Å². The van der Waals surface area contributed by atoms with Crippen LogP contribution in [0.25, 0.3) is 11.0 Å². The van der Waals surface area contributed by atoms with Crippen molar-refractivity contribution < 1.29 is 9.59 Å². The van der Waals surface area contributed by atoms with E-state index >= 15 is 0 Å². The Balaban J connectivity index is 1.49. The van der Waals surface area contributed by atoms with Crippen LogP contribution in [0.1, 0.15) is 6.92 Å². The minimum absolute atomic E-state index is 0.00583. The zero-order valence-corrected chi connectivity index (χ0v) is 17.1. The van der Waals surface area contributed by atoms with Crippen LogP contribution < -0.4 is 5.32 Å². The number of aromatic nitrogens is 2. The van der Waals surface area contributed by atoms with Crippen molar-refractivity contribution >= 4 is 34.6 Å². The molecule has 7 nitrogen and oxygen atoms in total. The fourth-order valence-corrected chi connectivity index (χ4v) is 4.27. The van der Waals surface area contributed by atoms with Gasteiger partial charge in [-0.05, 0) is 19.1 Å². The van der Waals surface area contributed by atoms with E-state index in [9.17, 15) is 9.59 Å². The number of thioether (sulfide) groups is 1. The first-order valence-corrected chi connectivity index (χ1v) is 10.6. The van der Waals surface area contributed by atoms with Crippen LogP contribution in [0.5, 0.6) is 0 Å². The molecule has 2 amide bonds. The molecular formula is C20H27N5O2S. The Hall–Kier alpha value is -2.32. The largest absolute Gasteiger partial charge is 0.352 e. The van der Waals surface area contributed by atoms with Crippen LogP contribution in [-0.2, 0) is 16.1 Å². The second-order valence-electron chi connectivity index (χ2n) is 6.67. The van der Waals surface area contributed by atoms with Gasteiger partial charge in [0.15, 0.2) is 5.16 Å². The molecule has 1 fully saturated rings. The number of imidazole rings is 1. The van der Waals surface area contributed by atoms with E-state index in [1.807, 2.05) is 23.1 Å². The first-order valence-electron chi connectivity index (χ1n) is 9.58. The predicted octanol–water partition coefficient (Wildman–Crippen LogP) is 1.59. The number of piperazine rings is 1. The molecule has 0 saturated carbocycles. The molecule has 2 aromatic rings. The van der Waals surface area contributed by atoms with Gasteiger partial charge in [0.1, 0.15) is 0 Å². The minimum Gasteiger partial charge on any atom is -0.352 e. The Bertz CT molecular complexity index is 842. The van der Waals surface area contributed by atoms with Crippen LogP contribution in [0.3, 0.4) is 0 Å². The maximum atomic E-state index is 12.6. The molecule has 28 heavy (non-hydrogen) atoms. The molecule has 8 heteroatoms. The molecule has 0 aliphatic carbocycles. The van der Waals surface area contributed by atoms with Crippen LogP contribution in [0, 0.1) is 0 Å². The Morgan fingerprint density at radius 2 is 2.00 bits per heavy atom. The number of fused-ring (bicyclic) bond motifs is 1. The molecule has 1 aromatic carbocycles. The van der Waals surface area contributed by atoms with E-state index in [-0.39, 0.29) is 11.8 Å². The van der Waals surface area contributed by atoms with Crippen molar-refractivity contribution in [2.75, 3.05) is 45.0 Å². The van der Waals surface area contributed by atoms with Crippen LogP contribution >= 0.6 is 11.8 Å². The summed E-state index contributed by atoms with van der Waals surface area (Å²) in [5, 5.41) is 3.67. The topological polar surface area (TPSA) is 70.5 Å². The van der Waals surface area contributed by atoms with Crippen LogP contribution in [0.2, 0.25) is 0 Å². The Morgan fingerprint density at radius 3 is 2.71 bits per heavy atom. The van der Waals surface area contributed by atoms with Crippen molar-refractivity contribution in [3.8, 4) is 0 Å². The van der Waals surface area contributed by atoms with Crippen molar-refractivity contribution in [2.45, 2.75) is 18.6 Å². The van der Waals surface area contributed by atoms with E-state index in [4.69, 9.17) is 0 Å². The van der Waals surface area contributed by atoms with Gasteiger partial charge < -0.3 is 14.8 Å². The van der Waals surface area contributed by atoms with Crippen molar-refractivity contribution in [1.29, 1.82) is 0 Å². The summed E-state index contributed by atoms with van der Waals surface area (Å²) in [6, 6.07) is 8.04. The summed E-state index contributed by atoms with van der Waals surface area (Å²) in [7, 11) is 0. The van der Waals surface area contributed by atoms with Gasteiger partial charge in [0.2, 0.25) is 11.8 Å². The molecule has 3 rings (SSSR count). The highest BCUT2D eigenvalue weighted by molar-refractivity contribution is 7.99. The van der Waals surface area contributed by atoms with Gasteiger partial charge in [-0.15, -0.1) is 6.58 Å². The standard InChI is InChI=1S/C20H27N5O2S/c1-3-9-21-18(26)14-23-10-12-24(13-11-23)19(27)15-28-20-22-16-7-5-6-8-17(16)25(20)4-2/h3,5-8H,1,4,9-15H2,2H3,(H,21,26). The van der Waals surface area contributed by atoms with Gasteiger partial charge in [0, 0.05) is 39.3 Å². The van der Waals surface area contributed by atoms with E-state index in [1.54, 1.807) is 6.08 Å². The number of nitrogens with one attached hydrogen (secondary N) is 1. The van der Waals surface area contributed by atoms with E-state index in [0.29, 0.717) is 45.0 Å². The number of amides is 2. The van der Waals surface area contributed by atoms with Crippen LogP contribution in [-0.4, -0.2) is 76.2 Å². The maximum Gasteiger partial charge on any atom is 0.234 e. The highest BCUT2D eigenvalue weighted by Gasteiger charge is 2.23. The lowest BCUT2D eigenvalue weighted by Gasteiger charge is -2.34. The number of hydrogen-bond donors (Lipinski definition) is 1. The van der Waals surface area contributed by atoms with Crippen molar-refractivity contribution in [1.82, 2.24) is 24.7 Å². The molecule has 1 aromatic heterocycles. The van der Waals surface area contributed by atoms with Gasteiger partial charge in [-0.2, -0.15) is 0 Å².